The van der Waals surface area contributed by atoms with Gasteiger partial charge in [0.2, 0.25) is 10.0 Å². The Bertz CT molecular complexity index is 717. The lowest BCUT2D eigenvalue weighted by Gasteiger charge is -2.10. The van der Waals surface area contributed by atoms with Gasteiger partial charge in [-0.15, -0.1) is 0 Å². The van der Waals surface area contributed by atoms with Gasteiger partial charge in [0.15, 0.2) is 0 Å². The Kier molecular flexibility index (Phi) is 5.58. The molecular formula is C15H19ClN2O2S. The number of fused-ring (bicyclic) bond motifs is 1. The molecule has 0 amide bonds. The molecule has 0 radical (unpaired) electrons. The third kappa shape index (κ3) is 3.95. The summed E-state index contributed by atoms with van der Waals surface area (Å²) < 4.78 is 27.5. The summed E-state index contributed by atoms with van der Waals surface area (Å²) in [6, 6.07) is 10.4. The van der Waals surface area contributed by atoms with Crippen LogP contribution in [0.1, 0.15) is 19.3 Å². The third-order valence-corrected chi connectivity index (χ3v) is 5.14. The highest BCUT2D eigenvalue weighted by atomic mass is 35.5. The van der Waals surface area contributed by atoms with Gasteiger partial charge in [0.25, 0.3) is 0 Å². The van der Waals surface area contributed by atoms with E-state index in [4.69, 9.17) is 17.3 Å². The molecule has 0 spiro atoms. The number of rotatable bonds is 7. The van der Waals surface area contributed by atoms with Crippen molar-refractivity contribution in [2.45, 2.75) is 24.2 Å². The summed E-state index contributed by atoms with van der Waals surface area (Å²) >= 11 is 6.11. The van der Waals surface area contributed by atoms with E-state index in [2.05, 4.69) is 4.72 Å². The molecule has 4 nitrogen and oxygen atoms in total. The molecule has 21 heavy (non-hydrogen) atoms. The van der Waals surface area contributed by atoms with Crippen molar-refractivity contribution >= 4 is 32.4 Å². The molecule has 114 valence electrons. The maximum Gasteiger partial charge on any atom is 0.241 e. The summed E-state index contributed by atoms with van der Waals surface area (Å²) in [5.41, 5.74) is 5.41. The zero-order valence-corrected chi connectivity index (χ0v) is 13.3. The van der Waals surface area contributed by atoms with E-state index >= 15 is 0 Å². The molecular weight excluding hydrogens is 308 g/mol. The number of halogens is 1. The lowest BCUT2D eigenvalue weighted by molar-refractivity contribution is 0.576. The van der Waals surface area contributed by atoms with Gasteiger partial charge in [-0.1, -0.05) is 42.3 Å². The smallest absolute Gasteiger partial charge is 0.241 e. The molecule has 2 aromatic rings. The normalized spacial score (nSPS) is 11.9. The molecule has 0 saturated carbocycles. The molecule has 6 heteroatoms. The summed E-state index contributed by atoms with van der Waals surface area (Å²) in [6.45, 7) is 1.05. The van der Waals surface area contributed by atoms with E-state index in [1.54, 1.807) is 30.3 Å². The fourth-order valence-electron chi connectivity index (χ4n) is 2.21. The molecule has 0 aromatic heterocycles. The monoisotopic (exact) mass is 326 g/mol. The van der Waals surface area contributed by atoms with Crippen molar-refractivity contribution in [3.63, 3.8) is 0 Å². The van der Waals surface area contributed by atoms with Crippen molar-refractivity contribution < 1.29 is 8.42 Å². The Labute approximate surface area is 130 Å². The van der Waals surface area contributed by atoms with Crippen LogP contribution in [0.3, 0.4) is 0 Å². The van der Waals surface area contributed by atoms with E-state index in [0.29, 0.717) is 23.5 Å². The molecule has 0 unspecified atom stereocenters. The molecule has 0 aliphatic rings. The maximum absolute atomic E-state index is 12.4. The Balaban J connectivity index is 2.22. The van der Waals surface area contributed by atoms with Gasteiger partial charge in [-0.25, -0.2) is 13.1 Å². The Morgan fingerprint density at radius 1 is 1.00 bits per heavy atom. The summed E-state index contributed by atoms with van der Waals surface area (Å²) in [7, 11) is -3.53. The van der Waals surface area contributed by atoms with Crippen LogP contribution < -0.4 is 10.5 Å². The van der Waals surface area contributed by atoms with E-state index in [1.807, 2.05) is 6.07 Å². The topological polar surface area (TPSA) is 72.2 Å². The highest BCUT2D eigenvalue weighted by Gasteiger charge is 2.17. The van der Waals surface area contributed by atoms with Gasteiger partial charge >= 0.3 is 0 Å². The molecule has 2 rings (SSSR count). The lowest BCUT2D eigenvalue weighted by atomic mass is 10.1. The fourth-order valence-corrected chi connectivity index (χ4v) is 3.74. The van der Waals surface area contributed by atoms with Crippen molar-refractivity contribution in [2.75, 3.05) is 13.1 Å². The van der Waals surface area contributed by atoms with Crippen LogP contribution in [0.5, 0.6) is 0 Å². The van der Waals surface area contributed by atoms with Crippen LogP contribution in [0.4, 0.5) is 0 Å². The van der Waals surface area contributed by atoms with Crippen LogP contribution in [0.15, 0.2) is 41.3 Å². The summed E-state index contributed by atoms with van der Waals surface area (Å²) in [5, 5.41) is 1.93. The number of benzene rings is 2. The van der Waals surface area contributed by atoms with Crippen molar-refractivity contribution in [2.24, 2.45) is 5.73 Å². The minimum Gasteiger partial charge on any atom is -0.330 e. The number of hydrogen-bond donors (Lipinski definition) is 2. The van der Waals surface area contributed by atoms with Crippen LogP contribution in [-0.4, -0.2) is 21.5 Å². The lowest BCUT2D eigenvalue weighted by Crippen LogP contribution is -2.25. The molecule has 0 atom stereocenters. The predicted octanol–water partition coefficient (Wildman–Crippen LogP) is 2.90. The summed E-state index contributed by atoms with van der Waals surface area (Å²) in [4.78, 5) is 0.265. The number of sulfonamides is 1. The molecule has 3 N–H and O–H groups in total. The Morgan fingerprint density at radius 3 is 2.48 bits per heavy atom. The fraction of sp³-hybridized carbons (Fsp3) is 0.333. The van der Waals surface area contributed by atoms with Gasteiger partial charge in [-0.3, -0.25) is 0 Å². The van der Waals surface area contributed by atoms with E-state index < -0.39 is 10.0 Å². The van der Waals surface area contributed by atoms with Crippen LogP contribution >= 0.6 is 11.6 Å². The number of nitrogens with one attached hydrogen (secondary N) is 1. The highest BCUT2D eigenvalue weighted by Crippen LogP contribution is 2.28. The highest BCUT2D eigenvalue weighted by molar-refractivity contribution is 7.89. The standard InChI is InChI=1S/C15H19ClN2O2S/c16-14-8-4-7-13-12(14)6-5-9-15(13)21(19,20)18-11-3-1-2-10-17/h4-9,18H,1-3,10-11,17H2. The second-order valence-corrected chi connectivity index (χ2v) is 6.98. The van der Waals surface area contributed by atoms with Gasteiger partial charge in [-0.2, -0.15) is 0 Å². The van der Waals surface area contributed by atoms with E-state index in [0.717, 1.165) is 24.6 Å². The second kappa shape index (κ2) is 7.22. The van der Waals surface area contributed by atoms with Crippen molar-refractivity contribution in [3.05, 3.63) is 41.4 Å². The first-order valence-electron chi connectivity index (χ1n) is 6.93. The molecule has 0 heterocycles. The van der Waals surface area contributed by atoms with Gasteiger partial charge in [0.1, 0.15) is 0 Å². The van der Waals surface area contributed by atoms with E-state index in [-0.39, 0.29) is 4.90 Å². The summed E-state index contributed by atoms with van der Waals surface area (Å²) in [5.74, 6) is 0. The molecule has 0 aliphatic heterocycles. The van der Waals surface area contributed by atoms with Gasteiger partial charge in [-0.05, 0) is 31.5 Å². The first-order chi connectivity index (χ1) is 10.1. The van der Waals surface area contributed by atoms with Crippen LogP contribution in [0.2, 0.25) is 5.02 Å². The van der Waals surface area contributed by atoms with Crippen LogP contribution in [0.25, 0.3) is 10.8 Å². The Hall–Kier alpha value is -1.14. The average molecular weight is 327 g/mol. The van der Waals surface area contributed by atoms with Crippen molar-refractivity contribution in [1.82, 2.24) is 4.72 Å². The first kappa shape index (κ1) is 16.2. The zero-order chi connectivity index (χ0) is 15.3. The Morgan fingerprint density at radius 2 is 1.71 bits per heavy atom. The second-order valence-electron chi connectivity index (χ2n) is 4.84. The number of unbranched alkanes of at least 4 members (excludes halogenated alkanes) is 2. The van der Waals surface area contributed by atoms with Crippen molar-refractivity contribution in [3.8, 4) is 0 Å². The van der Waals surface area contributed by atoms with Crippen LogP contribution in [-0.2, 0) is 10.0 Å². The third-order valence-electron chi connectivity index (χ3n) is 3.29. The first-order valence-corrected chi connectivity index (χ1v) is 8.79. The quantitative estimate of drug-likeness (QED) is 0.768. The van der Waals surface area contributed by atoms with E-state index in [9.17, 15) is 8.42 Å². The van der Waals surface area contributed by atoms with Gasteiger partial charge in [0.05, 0.1) is 4.90 Å². The molecule has 0 fully saturated rings. The number of nitrogens with two attached hydrogens (primary N) is 1. The van der Waals surface area contributed by atoms with Crippen LogP contribution in [0, 0.1) is 0 Å². The van der Waals surface area contributed by atoms with Gasteiger partial charge in [0, 0.05) is 22.3 Å². The molecule has 2 aromatic carbocycles. The molecule has 0 saturated heterocycles. The summed E-state index contributed by atoms with van der Waals surface area (Å²) in [6.07, 6.45) is 2.61. The minimum atomic E-state index is -3.53. The average Bonchev–Trinajstić information content (AvgIpc) is 2.47. The largest absolute Gasteiger partial charge is 0.330 e. The van der Waals surface area contributed by atoms with Crippen molar-refractivity contribution in [1.29, 1.82) is 0 Å². The van der Waals surface area contributed by atoms with E-state index in [1.165, 1.54) is 0 Å². The number of hydrogen-bond acceptors (Lipinski definition) is 3. The maximum atomic E-state index is 12.4. The SMILES string of the molecule is NCCCCCNS(=O)(=O)c1cccc2c(Cl)cccc12. The predicted molar refractivity (Wildman–Crippen MR) is 87.1 cm³/mol. The minimum absolute atomic E-state index is 0.265. The molecule has 0 aliphatic carbocycles. The van der Waals surface area contributed by atoms with Gasteiger partial charge < -0.3 is 5.73 Å². The molecule has 0 bridgehead atoms. The zero-order valence-electron chi connectivity index (χ0n) is 11.7.